The number of alkyl halides is 9. The molecular formula is C25H29F9N4O8S. The minimum Gasteiger partial charge on any atom is -0.475 e. The molecule has 47 heavy (non-hydrogen) atoms. The van der Waals surface area contributed by atoms with Gasteiger partial charge >= 0.3 is 36.4 Å². The molecule has 4 rings (SSSR count). The Morgan fingerprint density at radius 1 is 0.830 bits per heavy atom. The number of aromatic nitrogens is 2. The largest absolute Gasteiger partial charge is 0.490 e. The van der Waals surface area contributed by atoms with Gasteiger partial charge in [-0.1, -0.05) is 6.07 Å². The summed E-state index contributed by atoms with van der Waals surface area (Å²) in [5.41, 5.74) is 1.98. The first-order chi connectivity index (χ1) is 21.5. The SMILES string of the molecule is Cc1nc(CN2CCOCC3(CN(Cc4ccccn4)CCO3)C2)cs1.O=C(O)C(F)(F)F.O=C(O)C(F)(F)F.O=C(O)C(F)(F)F. The summed E-state index contributed by atoms with van der Waals surface area (Å²) in [7, 11) is 0. The van der Waals surface area contributed by atoms with E-state index in [-0.39, 0.29) is 5.60 Å². The average molecular weight is 717 g/mol. The van der Waals surface area contributed by atoms with E-state index >= 15 is 0 Å². The number of hydrogen-bond donors (Lipinski definition) is 3. The summed E-state index contributed by atoms with van der Waals surface area (Å²) >= 11 is 1.71. The molecule has 2 aliphatic heterocycles. The number of hydrogen-bond acceptors (Lipinski definition) is 10. The molecule has 4 heterocycles. The molecule has 1 unspecified atom stereocenters. The van der Waals surface area contributed by atoms with Gasteiger partial charge in [-0.05, 0) is 19.1 Å². The van der Waals surface area contributed by atoms with Crippen molar-refractivity contribution in [2.75, 3.05) is 46.0 Å². The van der Waals surface area contributed by atoms with Crippen LogP contribution in [-0.4, -0.2) is 123 Å². The molecule has 12 nitrogen and oxygen atoms in total. The highest BCUT2D eigenvalue weighted by Crippen LogP contribution is 2.25. The minimum atomic E-state index is -5.08. The number of aryl methyl sites for hydroxylation is 1. The summed E-state index contributed by atoms with van der Waals surface area (Å²) in [5.74, 6) is -8.27. The first kappa shape index (κ1) is 41.4. The number of thiazole rings is 1. The molecule has 2 aromatic heterocycles. The summed E-state index contributed by atoms with van der Waals surface area (Å²) in [6.45, 7) is 9.51. The normalized spacial score (nSPS) is 19.1. The van der Waals surface area contributed by atoms with Crippen LogP contribution in [0.4, 0.5) is 39.5 Å². The Labute approximate surface area is 264 Å². The summed E-state index contributed by atoms with van der Waals surface area (Å²) in [6.07, 6.45) is -13.4. The molecule has 2 saturated heterocycles. The van der Waals surface area contributed by atoms with E-state index in [1.807, 2.05) is 18.3 Å². The average Bonchev–Trinajstić information content (AvgIpc) is 3.25. The molecule has 0 aliphatic carbocycles. The molecule has 0 amide bonds. The Kier molecular flexibility index (Phi) is 15.9. The highest BCUT2D eigenvalue weighted by molar-refractivity contribution is 7.09. The van der Waals surface area contributed by atoms with Crippen LogP contribution in [-0.2, 0) is 36.9 Å². The molecule has 22 heteroatoms. The van der Waals surface area contributed by atoms with Gasteiger partial charge in [0.05, 0.1) is 36.2 Å². The molecular weight excluding hydrogens is 687 g/mol. The van der Waals surface area contributed by atoms with Crippen LogP contribution < -0.4 is 0 Å². The van der Waals surface area contributed by atoms with E-state index in [4.69, 9.17) is 39.2 Å². The predicted octanol–water partition coefficient (Wildman–Crippen LogP) is 3.85. The fourth-order valence-electron chi connectivity index (χ4n) is 3.79. The van der Waals surface area contributed by atoms with Crippen molar-refractivity contribution >= 4 is 29.2 Å². The fraction of sp³-hybridized carbons (Fsp3) is 0.560. The predicted molar refractivity (Wildman–Crippen MR) is 142 cm³/mol. The third kappa shape index (κ3) is 16.7. The van der Waals surface area contributed by atoms with Gasteiger partial charge in [0.25, 0.3) is 0 Å². The van der Waals surface area contributed by atoms with Crippen LogP contribution in [0.5, 0.6) is 0 Å². The van der Waals surface area contributed by atoms with Gasteiger partial charge in [0, 0.05) is 50.8 Å². The Morgan fingerprint density at radius 3 is 1.70 bits per heavy atom. The first-order valence-electron chi connectivity index (χ1n) is 12.9. The Hall–Kier alpha value is -3.60. The Bertz CT molecular complexity index is 1220. The number of halogens is 9. The molecule has 0 bridgehead atoms. The lowest BCUT2D eigenvalue weighted by Crippen LogP contribution is -2.58. The van der Waals surface area contributed by atoms with Crippen molar-refractivity contribution in [1.82, 2.24) is 19.8 Å². The smallest absolute Gasteiger partial charge is 0.475 e. The van der Waals surface area contributed by atoms with Gasteiger partial charge in [-0.25, -0.2) is 19.4 Å². The molecule has 2 aliphatic rings. The number of rotatable bonds is 4. The van der Waals surface area contributed by atoms with Crippen LogP contribution in [0.2, 0.25) is 0 Å². The minimum absolute atomic E-state index is 0.269. The van der Waals surface area contributed by atoms with E-state index < -0.39 is 36.4 Å². The van der Waals surface area contributed by atoms with Crippen LogP contribution in [0.15, 0.2) is 29.8 Å². The van der Waals surface area contributed by atoms with E-state index in [1.54, 1.807) is 11.3 Å². The van der Waals surface area contributed by atoms with Crippen molar-refractivity contribution in [3.63, 3.8) is 0 Å². The van der Waals surface area contributed by atoms with E-state index in [9.17, 15) is 39.5 Å². The maximum atomic E-state index is 10.6. The Balaban J connectivity index is 0.000000430. The van der Waals surface area contributed by atoms with Gasteiger partial charge in [-0.15, -0.1) is 11.3 Å². The van der Waals surface area contributed by atoms with Gasteiger partial charge < -0.3 is 24.8 Å². The van der Waals surface area contributed by atoms with Gasteiger partial charge in [0.2, 0.25) is 0 Å². The Morgan fingerprint density at radius 2 is 1.30 bits per heavy atom. The second kappa shape index (κ2) is 18.1. The van der Waals surface area contributed by atoms with E-state index in [1.165, 1.54) is 0 Å². The lowest BCUT2D eigenvalue weighted by Gasteiger charge is -2.43. The maximum Gasteiger partial charge on any atom is 0.490 e. The summed E-state index contributed by atoms with van der Waals surface area (Å²) < 4.78 is 107. The zero-order valence-electron chi connectivity index (χ0n) is 24.2. The summed E-state index contributed by atoms with van der Waals surface area (Å²) in [5, 5.41) is 24.7. The topological polar surface area (TPSA) is 163 Å². The molecule has 0 aromatic carbocycles. The second-order valence-corrected chi connectivity index (χ2v) is 10.7. The number of morpholine rings is 1. The number of carboxylic acids is 3. The van der Waals surface area contributed by atoms with Crippen LogP contribution in [0.3, 0.4) is 0 Å². The van der Waals surface area contributed by atoms with Gasteiger partial charge in [-0.3, -0.25) is 14.8 Å². The standard InChI is InChI=1S/C19H26N4O2S.3C2HF3O2/c1-16-21-18(12-26-16)11-22-6-8-24-15-19(13-22)14-23(7-9-25-19)10-17-4-2-3-5-20-17;3*3-2(4,5)1(6)7/h2-5,12H,6-11,13-15H2,1H3;3*(H,6,7). The molecule has 2 fully saturated rings. The number of carbonyl (C=O) groups is 3. The van der Waals surface area contributed by atoms with Crippen LogP contribution >= 0.6 is 11.3 Å². The molecule has 3 N–H and O–H groups in total. The highest BCUT2D eigenvalue weighted by Gasteiger charge is 2.41. The molecule has 1 atom stereocenters. The zero-order valence-corrected chi connectivity index (χ0v) is 25.0. The summed E-state index contributed by atoms with van der Waals surface area (Å²) in [6, 6.07) is 6.09. The quantitative estimate of drug-likeness (QED) is 0.393. The van der Waals surface area contributed by atoms with Gasteiger partial charge in [-0.2, -0.15) is 39.5 Å². The van der Waals surface area contributed by atoms with E-state index in [2.05, 4.69) is 38.1 Å². The van der Waals surface area contributed by atoms with Crippen LogP contribution in [0, 0.1) is 6.92 Å². The molecule has 266 valence electrons. The third-order valence-corrected chi connectivity index (χ3v) is 6.47. The van der Waals surface area contributed by atoms with E-state index in [0.717, 1.165) is 68.9 Å². The molecule has 2 aromatic rings. The van der Waals surface area contributed by atoms with Crippen LogP contribution in [0.1, 0.15) is 16.4 Å². The number of aliphatic carboxylic acids is 3. The van der Waals surface area contributed by atoms with Gasteiger partial charge in [0.15, 0.2) is 0 Å². The lowest BCUT2D eigenvalue weighted by molar-refractivity contribution is -0.193. The highest BCUT2D eigenvalue weighted by atomic mass is 32.1. The van der Waals surface area contributed by atoms with Crippen molar-refractivity contribution in [3.8, 4) is 0 Å². The number of ether oxygens (including phenoxy) is 2. The first-order valence-corrected chi connectivity index (χ1v) is 13.8. The number of pyridine rings is 1. The second-order valence-electron chi connectivity index (χ2n) is 9.59. The van der Waals surface area contributed by atoms with Crippen molar-refractivity contribution in [2.45, 2.75) is 44.1 Å². The number of carboxylic acid groups (broad SMARTS) is 3. The van der Waals surface area contributed by atoms with Gasteiger partial charge in [0.1, 0.15) is 5.60 Å². The van der Waals surface area contributed by atoms with Crippen molar-refractivity contribution < 1.29 is 78.7 Å². The fourth-order valence-corrected chi connectivity index (χ4v) is 4.39. The zero-order chi connectivity index (χ0) is 36.1. The van der Waals surface area contributed by atoms with Crippen molar-refractivity contribution in [2.24, 2.45) is 0 Å². The van der Waals surface area contributed by atoms with Crippen molar-refractivity contribution in [3.05, 3.63) is 46.2 Å². The molecule has 0 saturated carbocycles. The third-order valence-electron chi connectivity index (χ3n) is 5.65. The molecule has 1 spiro atoms. The van der Waals surface area contributed by atoms with Crippen molar-refractivity contribution in [1.29, 1.82) is 0 Å². The maximum absolute atomic E-state index is 10.6. The lowest BCUT2D eigenvalue weighted by atomic mass is 10.0. The number of nitrogens with zero attached hydrogens (tertiary/aromatic N) is 4. The van der Waals surface area contributed by atoms with Crippen LogP contribution in [0.25, 0.3) is 0 Å². The summed E-state index contributed by atoms with van der Waals surface area (Å²) in [4.78, 5) is 40.6. The van der Waals surface area contributed by atoms with E-state index in [0.29, 0.717) is 6.61 Å². The molecule has 0 radical (unpaired) electrons. The monoisotopic (exact) mass is 716 g/mol.